The molecule has 328 valence electrons. The maximum absolute atomic E-state index is 13.3. The third-order valence-corrected chi connectivity index (χ3v) is 9.38. The van der Waals surface area contributed by atoms with E-state index >= 15 is 0 Å². The number of rotatable bonds is 18. The van der Waals surface area contributed by atoms with Crippen molar-refractivity contribution in [2.45, 2.75) is 70.6 Å². The summed E-state index contributed by atoms with van der Waals surface area (Å²) in [5, 5.41) is 32.1. The first-order valence-corrected chi connectivity index (χ1v) is 19.7. The number of benzene rings is 3. The predicted molar refractivity (Wildman–Crippen MR) is 212 cm³/mol. The lowest BCUT2D eigenvalue weighted by atomic mass is 9.97. The van der Waals surface area contributed by atoms with E-state index in [2.05, 4.69) is 59.8 Å². The van der Waals surface area contributed by atoms with E-state index in [0.29, 0.717) is 37.5 Å². The zero-order valence-corrected chi connectivity index (χ0v) is 33.7. The monoisotopic (exact) mass is 871 g/mol. The van der Waals surface area contributed by atoms with Gasteiger partial charge in [-0.05, 0) is 46.2 Å². The minimum Gasteiger partial charge on any atom is -0.480 e. The van der Waals surface area contributed by atoms with E-state index in [0.717, 1.165) is 28.3 Å². The Hall–Kier alpha value is -5.63. The SMILES string of the molecule is CC[C@H](C)[C@@H](CN(CC(=O)N[C@@H](CCSC)C(=O)O)Cc1cccc2ccccc12)NC(=O)Cc1cn(Cc2ccccc2)cn1.O=C(O)C(F)(F)F.O=C(O)C(F)(F)F. The van der Waals surface area contributed by atoms with Gasteiger partial charge in [0.25, 0.3) is 0 Å². The summed E-state index contributed by atoms with van der Waals surface area (Å²) in [5.41, 5.74) is 2.90. The summed E-state index contributed by atoms with van der Waals surface area (Å²) < 4.78 is 65.4. The number of halogens is 6. The fraction of sp³-hybridized carbons (Fsp3) is 0.400. The second-order valence-electron chi connectivity index (χ2n) is 13.4. The zero-order valence-electron chi connectivity index (χ0n) is 32.9. The lowest BCUT2D eigenvalue weighted by Gasteiger charge is -2.31. The predicted octanol–water partition coefficient (Wildman–Crippen LogP) is 6.25. The van der Waals surface area contributed by atoms with E-state index in [1.807, 2.05) is 64.4 Å². The Morgan fingerprint density at radius 2 is 1.42 bits per heavy atom. The van der Waals surface area contributed by atoms with Gasteiger partial charge in [0.15, 0.2) is 0 Å². The van der Waals surface area contributed by atoms with Crippen LogP contribution in [0, 0.1) is 5.92 Å². The number of nitrogens with zero attached hydrogens (tertiary/aromatic N) is 3. The van der Waals surface area contributed by atoms with Crippen molar-refractivity contribution in [3.8, 4) is 0 Å². The van der Waals surface area contributed by atoms with E-state index in [4.69, 9.17) is 19.8 Å². The highest BCUT2D eigenvalue weighted by Gasteiger charge is 2.39. The molecule has 4 aromatic rings. The zero-order chi connectivity index (χ0) is 45.0. The van der Waals surface area contributed by atoms with Crippen LogP contribution in [0.25, 0.3) is 10.8 Å². The molecule has 0 radical (unpaired) electrons. The number of carbonyl (C=O) groups excluding carboxylic acids is 2. The Morgan fingerprint density at radius 3 is 1.98 bits per heavy atom. The van der Waals surface area contributed by atoms with Crippen LogP contribution in [-0.4, -0.2) is 109 Å². The van der Waals surface area contributed by atoms with Crippen molar-refractivity contribution in [3.05, 3.63) is 102 Å². The Kier molecular flexibility index (Phi) is 20.6. The Labute approximate surface area is 346 Å². The lowest BCUT2D eigenvalue weighted by Crippen LogP contribution is -2.51. The van der Waals surface area contributed by atoms with Gasteiger partial charge in [-0.3, -0.25) is 14.5 Å². The van der Waals surface area contributed by atoms with Crippen LogP contribution < -0.4 is 10.6 Å². The average Bonchev–Trinajstić information content (AvgIpc) is 3.61. The first-order chi connectivity index (χ1) is 28.1. The van der Waals surface area contributed by atoms with E-state index in [1.165, 1.54) is 0 Å². The maximum atomic E-state index is 13.3. The van der Waals surface area contributed by atoms with Gasteiger partial charge in [-0.1, -0.05) is 93.1 Å². The van der Waals surface area contributed by atoms with Gasteiger partial charge in [-0.2, -0.15) is 38.1 Å². The van der Waals surface area contributed by atoms with Crippen molar-refractivity contribution >= 4 is 52.3 Å². The number of amides is 2. The largest absolute Gasteiger partial charge is 0.490 e. The summed E-state index contributed by atoms with van der Waals surface area (Å²) in [6.45, 7) is 5.74. The highest BCUT2D eigenvalue weighted by Crippen LogP contribution is 2.21. The number of carbonyl (C=O) groups is 5. The van der Waals surface area contributed by atoms with Crippen LogP contribution in [0.4, 0.5) is 26.3 Å². The minimum atomic E-state index is -5.08. The lowest BCUT2D eigenvalue weighted by molar-refractivity contribution is -0.193. The van der Waals surface area contributed by atoms with Gasteiger partial charge in [-0.25, -0.2) is 19.4 Å². The molecule has 1 heterocycles. The smallest absolute Gasteiger partial charge is 0.480 e. The third-order valence-electron chi connectivity index (χ3n) is 8.74. The Balaban J connectivity index is 0.000000758. The molecule has 3 atom stereocenters. The van der Waals surface area contributed by atoms with Crippen molar-refractivity contribution in [2.75, 3.05) is 25.1 Å². The van der Waals surface area contributed by atoms with Crippen molar-refractivity contribution in [2.24, 2.45) is 5.92 Å². The van der Waals surface area contributed by atoms with Crippen molar-refractivity contribution < 1.29 is 65.6 Å². The van der Waals surface area contributed by atoms with E-state index in [1.54, 1.807) is 18.1 Å². The number of aliphatic carboxylic acids is 3. The van der Waals surface area contributed by atoms with E-state index < -0.39 is 36.3 Å². The molecule has 0 aliphatic carbocycles. The number of hydrogen-bond donors (Lipinski definition) is 5. The highest BCUT2D eigenvalue weighted by atomic mass is 32.2. The molecule has 2 amide bonds. The fourth-order valence-electron chi connectivity index (χ4n) is 5.52. The number of carboxylic acids is 3. The summed E-state index contributed by atoms with van der Waals surface area (Å²) in [5.74, 6) is -6.28. The van der Waals surface area contributed by atoms with E-state index in [9.17, 15) is 45.8 Å². The van der Waals surface area contributed by atoms with Crippen molar-refractivity contribution in [1.82, 2.24) is 25.1 Å². The molecule has 0 saturated carbocycles. The first kappa shape index (κ1) is 50.5. The van der Waals surface area contributed by atoms with Gasteiger partial charge in [0.2, 0.25) is 11.8 Å². The van der Waals surface area contributed by atoms with Gasteiger partial charge in [0.05, 0.1) is 25.0 Å². The summed E-state index contributed by atoms with van der Waals surface area (Å²) in [6.07, 6.45) is -3.28. The van der Waals surface area contributed by atoms with Crippen molar-refractivity contribution in [1.29, 1.82) is 0 Å². The van der Waals surface area contributed by atoms with Gasteiger partial charge >= 0.3 is 30.3 Å². The number of carboxylic acid groups (broad SMARTS) is 3. The maximum Gasteiger partial charge on any atom is 0.490 e. The molecule has 0 saturated heterocycles. The number of fused-ring (bicyclic) bond motifs is 1. The molecule has 3 aromatic carbocycles. The third kappa shape index (κ3) is 18.5. The van der Waals surface area contributed by atoms with Crippen molar-refractivity contribution in [3.63, 3.8) is 0 Å². The first-order valence-electron chi connectivity index (χ1n) is 18.3. The van der Waals surface area contributed by atoms with Crippen LogP contribution in [0.5, 0.6) is 0 Å². The molecule has 60 heavy (non-hydrogen) atoms. The molecule has 0 aliphatic rings. The summed E-state index contributed by atoms with van der Waals surface area (Å²) in [7, 11) is 0. The van der Waals surface area contributed by atoms with Crippen LogP contribution in [0.1, 0.15) is 43.5 Å². The van der Waals surface area contributed by atoms with Gasteiger partial charge in [0, 0.05) is 31.9 Å². The average molecular weight is 872 g/mol. The van der Waals surface area contributed by atoms with Crippen LogP contribution in [0.15, 0.2) is 85.3 Å². The quantitative estimate of drug-likeness (QED) is 0.0711. The highest BCUT2D eigenvalue weighted by molar-refractivity contribution is 7.98. The Bertz CT molecular complexity index is 1970. The molecule has 1 aromatic heterocycles. The topological polar surface area (TPSA) is 191 Å². The number of imidazole rings is 1. The summed E-state index contributed by atoms with van der Waals surface area (Å²) in [4.78, 5) is 62.7. The molecular weight excluding hydrogens is 825 g/mol. The van der Waals surface area contributed by atoms with Gasteiger partial charge in [-0.15, -0.1) is 0 Å². The van der Waals surface area contributed by atoms with Crippen LogP contribution >= 0.6 is 11.8 Å². The van der Waals surface area contributed by atoms with Gasteiger partial charge < -0.3 is 30.5 Å². The number of thioether (sulfide) groups is 1. The number of aromatic nitrogens is 2. The fourth-order valence-corrected chi connectivity index (χ4v) is 6.00. The number of nitrogens with one attached hydrogen (secondary N) is 2. The molecule has 20 heteroatoms. The van der Waals surface area contributed by atoms with Crippen LogP contribution in [0.3, 0.4) is 0 Å². The summed E-state index contributed by atoms with van der Waals surface area (Å²) in [6, 6.07) is 23.1. The molecule has 0 spiro atoms. The number of alkyl halides is 6. The molecular formula is C40H47F6N5O8S. The second kappa shape index (κ2) is 24.5. The Morgan fingerprint density at radius 1 is 0.833 bits per heavy atom. The molecule has 0 bridgehead atoms. The standard InChI is InChI=1S/C36H45N5O4S.2C2HF3O2/c1-4-26(2)33(39-34(42)19-30-22-41(25-37-30)20-27-11-6-5-7-12-27)23-40(24-35(43)38-32(36(44)45)17-18-46-3)21-29-15-10-14-28-13-8-9-16-31(28)29;2*3-2(4,5)1(6)7/h5-16,22,25-26,32-33H,4,17-21,23-24H2,1-3H3,(H,38,43)(H,39,42)(H,44,45);2*(H,6,7)/t26-,32-,33+;;/m0../s1. The van der Waals surface area contributed by atoms with E-state index in [-0.39, 0.29) is 36.7 Å². The van der Waals surface area contributed by atoms with Crippen LogP contribution in [0.2, 0.25) is 0 Å². The molecule has 0 unspecified atom stereocenters. The molecule has 5 N–H and O–H groups in total. The number of hydrogen-bond acceptors (Lipinski definition) is 8. The molecule has 0 aliphatic heterocycles. The normalized spacial score (nSPS) is 12.8. The summed E-state index contributed by atoms with van der Waals surface area (Å²) >= 11 is 1.54. The minimum absolute atomic E-state index is 0.00103. The van der Waals surface area contributed by atoms with Gasteiger partial charge in [0.1, 0.15) is 6.04 Å². The van der Waals surface area contributed by atoms with Crippen LogP contribution in [-0.2, 0) is 43.5 Å². The molecule has 13 nitrogen and oxygen atoms in total. The molecule has 0 fully saturated rings. The molecule has 4 rings (SSSR count). The second-order valence-corrected chi connectivity index (χ2v) is 14.4.